The number of aromatic nitrogens is 4. The number of nitrogens with zero attached hydrogens (tertiary/aromatic N) is 4. The Labute approximate surface area is 399 Å². The summed E-state index contributed by atoms with van der Waals surface area (Å²) in [4.78, 5) is 14.4. The second kappa shape index (κ2) is 17.5. The van der Waals surface area contributed by atoms with Crippen LogP contribution in [0.15, 0.2) is 176 Å². The summed E-state index contributed by atoms with van der Waals surface area (Å²) in [7, 11) is 0. The van der Waals surface area contributed by atoms with Crippen LogP contribution in [-0.2, 0) is 24.7 Å². The van der Waals surface area contributed by atoms with Crippen molar-refractivity contribution in [2.24, 2.45) is 0 Å². The number of halogens is 13. The Bertz CT molecular complexity index is 3520. The zero-order valence-corrected chi connectivity index (χ0v) is 36.4. The summed E-state index contributed by atoms with van der Waals surface area (Å²) in [5.41, 5.74) is -5.08. The van der Waals surface area contributed by atoms with Gasteiger partial charge in [0.2, 0.25) is 0 Å². The van der Waals surface area contributed by atoms with Crippen molar-refractivity contribution in [2.75, 3.05) is 0 Å². The second-order valence-corrected chi connectivity index (χ2v) is 16.6. The van der Waals surface area contributed by atoms with Gasteiger partial charge in [0.1, 0.15) is 5.82 Å². The number of hydrogen-bond acceptors (Lipinski definition) is 3. The summed E-state index contributed by atoms with van der Waals surface area (Å²) in [5, 5.41) is 0.151. The standard InChI is InChI=1S/C55H29F13N4/c56-38-13-7-12-32(24-38)41-19-14-35(51-70-49(30-8-3-1-4-9-30)69-50(71-51)31-10-5-2-6-11-31)27-48(41)72-46-22-15-33(39-20-17-36(52(57,58)59)28-44(39)54(63,64)65)25-42(46)43-26-34(16-23-47(43)72)40-21-18-37(53(60,61)62)29-45(40)55(66,67)68/h1-29H. The summed E-state index contributed by atoms with van der Waals surface area (Å²) in [6.07, 6.45) is -20.9. The summed E-state index contributed by atoms with van der Waals surface area (Å²) in [5.74, 6) is 0.153. The van der Waals surface area contributed by atoms with Gasteiger partial charge in [-0.1, -0.05) is 109 Å². The first-order chi connectivity index (χ1) is 34.1. The van der Waals surface area contributed by atoms with E-state index in [1.165, 1.54) is 54.6 Å². The topological polar surface area (TPSA) is 43.6 Å². The lowest BCUT2D eigenvalue weighted by atomic mass is 9.94. The summed E-state index contributed by atoms with van der Waals surface area (Å²) in [6.45, 7) is 0. The van der Waals surface area contributed by atoms with Crippen LogP contribution < -0.4 is 0 Å². The lowest BCUT2D eigenvalue weighted by Crippen LogP contribution is -2.12. The van der Waals surface area contributed by atoms with Gasteiger partial charge in [-0.15, -0.1) is 0 Å². The molecule has 0 N–H and O–H groups in total. The van der Waals surface area contributed by atoms with Crippen molar-refractivity contribution >= 4 is 21.8 Å². The molecule has 4 nitrogen and oxygen atoms in total. The lowest BCUT2D eigenvalue weighted by Gasteiger charge is -2.18. The largest absolute Gasteiger partial charge is 0.417 e. The molecule has 10 aromatic rings. The van der Waals surface area contributed by atoms with Crippen molar-refractivity contribution in [2.45, 2.75) is 24.7 Å². The number of alkyl halides is 12. The van der Waals surface area contributed by atoms with E-state index in [0.717, 1.165) is 0 Å². The van der Waals surface area contributed by atoms with Crippen molar-refractivity contribution in [3.8, 4) is 73.2 Å². The van der Waals surface area contributed by atoms with Gasteiger partial charge in [0.05, 0.1) is 39.0 Å². The molecule has 17 heteroatoms. The van der Waals surface area contributed by atoms with Gasteiger partial charge < -0.3 is 4.57 Å². The van der Waals surface area contributed by atoms with E-state index in [1.54, 1.807) is 77.4 Å². The summed E-state index contributed by atoms with van der Waals surface area (Å²) < 4.78 is 187. The molecule has 0 aliphatic carbocycles. The molecule has 0 spiro atoms. The normalized spacial score (nSPS) is 12.5. The molecule has 0 aliphatic heterocycles. The summed E-state index contributed by atoms with van der Waals surface area (Å²) in [6, 6.07) is 38.6. The van der Waals surface area contributed by atoms with E-state index >= 15 is 4.39 Å². The number of hydrogen-bond donors (Lipinski definition) is 0. The molecule has 0 fully saturated rings. The maximum absolute atomic E-state index is 15.1. The van der Waals surface area contributed by atoms with Gasteiger partial charge in [-0.2, -0.15) is 52.7 Å². The van der Waals surface area contributed by atoms with Crippen LogP contribution >= 0.6 is 0 Å². The predicted molar refractivity (Wildman–Crippen MR) is 247 cm³/mol. The molecule has 2 heterocycles. The summed E-state index contributed by atoms with van der Waals surface area (Å²) >= 11 is 0. The van der Waals surface area contributed by atoms with Crippen LogP contribution in [0.4, 0.5) is 57.1 Å². The SMILES string of the molecule is Fc1cccc(-c2ccc(-c3nc(-c4ccccc4)nc(-c4ccccc4)n3)cc2-n2c3ccc(-c4ccc(C(F)(F)F)cc4C(F)(F)F)cc3c3cc(-c4ccc(C(F)(F)F)cc4C(F)(F)F)ccc32)c1. The molecule has 0 saturated carbocycles. The van der Waals surface area contributed by atoms with Crippen molar-refractivity contribution in [3.63, 3.8) is 0 Å². The molecule has 0 unspecified atom stereocenters. The van der Waals surface area contributed by atoms with E-state index in [9.17, 15) is 52.7 Å². The van der Waals surface area contributed by atoms with Crippen LogP contribution in [0.25, 0.3) is 95.0 Å². The molecule has 10 rings (SSSR count). The number of rotatable bonds is 7. The van der Waals surface area contributed by atoms with Crippen LogP contribution in [-0.4, -0.2) is 19.5 Å². The van der Waals surface area contributed by atoms with E-state index in [0.29, 0.717) is 63.7 Å². The molecule has 72 heavy (non-hydrogen) atoms. The van der Waals surface area contributed by atoms with Gasteiger partial charge in [-0.05, 0) is 94.5 Å². The third kappa shape index (κ3) is 9.01. The fraction of sp³-hybridized carbons (Fsp3) is 0.0727. The fourth-order valence-corrected chi connectivity index (χ4v) is 8.73. The van der Waals surface area contributed by atoms with Crippen molar-refractivity contribution in [1.82, 2.24) is 19.5 Å². The minimum Gasteiger partial charge on any atom is -0.309 e. The zero-order valence-electron chi connectivity index (χ0n) is 36.4. The molecule has 0 bridgehead atoms. The maximum Gasteiger partial charge on any atom is 0.417 e. The Kier molecular flexibility index (Phi) is 11.5. The van der Waals surface area contributed by atoms with Gasteiger partial charge in [0, 0.05) is 33.0 Å². The van der Waals surface area contributed by atoms with Gasteiger partial charge in [-0.3, -0.25) is 0 Å². The van der Waals surface area contributed by atoms with E-state index in [-0.39, 0.29) is 56.6 Å². The lowest BCUT2D eigenvalue weighted by molar-refractivity contribution is -0.144. The van der Waals surface area contributed by atoms with Crippen molar-refractivity contribution in [1.29, 1.82) is 0 Å². The minimum absolute atomic E-state index is 0.0193. The Morgan fingerprint density at radius 2 is 0.722 bits per heavy atom. The smallest absolute Gasteiger partial charge is 0.309 e. The molecule has 2 aromatic heterocycles. The van der Waals surface area contributed by atoms with E-state index in [2.05, 4.69) is 0 Å². The molecule has 360 valence electrons. The number of benzene rings is 8. The molecule has 0 radical (unpaired) electrons. The molecule has 0 saturated heterocycles. The van der Waals surface area contributed by atoms with Crippen molar-refractivity contribution < 1.29 is 57.1 Å². The van der Waals surface area contributed by atoms with E-state index in [1.807, 2.05) is 12.1 Å². The average molecular weight is 993 g/mol. The highest BCUT2D eigenvalue weighted by Crippen LogP contribution is 2.46. The average Bonchev–Trinajstić information content (AvgIpc) is 3.68. The molecular weight excluding hydrogens is 964 g/mol. The third-order valence-corrected chi connectivity index (χ3v) is 12.0. The van der Waals surface area contributed by atoms with Crippen LogP contribution in [0, 0.1) is 5.82 Å². The maximum atomic E-state index is 15.1. The minimum atomic E-state index is -5.29. The Morgan fingerprint density at radius 3 is 1.15 bits per heavy atom. The second-order valence-electron chi connectivity index (χ2n) is 16.6. The van der Waals surface area contributed by atoms with Crippen LogP contribution in [0.2, 0.25) is 0 Å². The Hall–Kier alpha value is -8.34. The quantitative estimate of drug-likeness (QED) is 0.149. The third-order valence-electron chi connectivity index (χ3n) is 12.0. The highest BCUT2D eigenvalue weighted by molar-refractivity contribution is 6.12. The van der Waals surface area contributed by atoms with E-state index in [4.69, 9.17) is 15.0 Å². The van der Waals surface area contributed by atoms with Gasteiger partial charge in [0.25, 0.3) is 0 Å². The highest BCUT2D eigenvalue weighted by atomic mass is 19.4. The zero-order chi connectivity index (χ0) is 50.9. The highest BCUT2D eigenvalue weighted by Gasteiger charge is 2.40. The Balaban J connectivity index is 1.28. The van der Waals surface area contributed by atoms with Gasteiger partial charge >= 0.3 is 24.7 Å². The molecular formula is C55H29F13N4. The van der Waals surface area contributed by atoms with Crippen LogP contribution in [0.5, 0.6) is 0 Å². The fourth-order valence-electron chi connectivity index (χ4n) is 8.73. The number of fused-ring (bicyclic) bond motifs is 3. The molecule has 0 amide bonds. The van der Waals surface area contributed by atoms with Gasteiger partial charge in [0.15, 0.2) is 17.5 Å². The predicted octanol–water partition coefficient (Wildman–Crippen LogP) is 17.2. The molecule has 0 atom stereocenters. The first kappa shape index (κ1) is 47.3. The Morgan fingerprint density at radius 1 is 0.319 bits per heavy atom. The monoisotopic (exact) mass is 992 g/mol. The van der Waals surface area contributed by atoms with Gasteiger partial charge in [-0.25, -0.2) is 19.3 Å². The van der Waals surface area contributed by atoms with Crippen molar-refractivity contribution in [3.05, 3.63) is 204 Å². The van der Waals surface area contributed by atoms with Crippen LogP contribution in [0.3, 0.4) is 0 Å². The molecule has 0 aliphatic rings. The van der Waals surface area contributed by atoms with Crippen LogP contribution in [0.1, 0.15) is 22.3 Å². The molecule has 8 aromatic carbocycles. The first-order valence-corrected chi connectivity index (χ1v) is 21.6. The van der Waals surface area contributed by atoms with E-state index < -0.39 is 63.9 Å². The first-order valence-electron chi connectivity index (χ1n) is 21.6.